The van der Waals surface area contributed by atoms with Gasteiger partial charge in [0.25, 0.3) is 0 Å². The Hall–Kier alpha value is -0.840. The van der Waals surface area contributed by atoms with E-state index in [1.54, 1.807) is 0 Å². The van der Waals surface area contributed by atoms with E-state index in [9.17, 15) is 0 Å². The highest BCUT2D eigenvalue weighted by atomic mass is 79.9. The minimum Gasteiger partial charge on any atom is -0.303 e. The van der Waals surface area contributed by atoms with E-state index in [-0.39, 0.29) is 0 Å². The molecule has 5 heteroatoms. The van der Waals surface area contributed by atoms with Gasteiger partial charge in [0.1, 0.15) is 5.65 Å². The highest BCUT2D eigenvalue weighted by Gasteiger charge is 2.10. The van der Waals surface area contributed by atoms with Gasteiger partial charge in [0.15, 0.2) is 0 Å². The van der Waals surface area contributed by atoms with E-state index >= 15 is 0 Å². The van der Waals surface area contributed by atoms with Crippen LogP contribution in [-0.2, 0) is 0 Å². The van der Waals surface area contributed by atoms with Crippen molar-refractivity contribution in [3.8, 4) is 11.3 Å². The first-order chi connectivity index (χ1) is 9.06. The Bertz CT molecular complexity index is 780. The van der Waals surface area contributed by atoms with Crippen LogP contribution in [0.15, 0.2) is 45.5 Å². The largest absolute Gasteiger partial charge is 0.303 e. The molecule has 2 aromatic heterocycles. The monoisotopic (exact) mass is 398 g/mol. The quantitative estimate of drug-likeness (QED) is 0.528. The van der Waals surface area contributed by atoms with Crippen molar-refractivity contribution in [3.63, 3.8) is 0 Å². The standard InChI is InChI=1S/C14H9Br2ClN2/c1-8-11(16)4-5-14-18-13(7-19(8)14)10-3-2-9(15)6-12(10)17/h2-7H,1H3. The lowest BCUT2D eigenvalue weighted by Gasteiger charge is -2.01. The third-order valence-electron chi connectivity index (χ3n) is 3.03. The van der Waals surface area contributed by atoms with Crippen molar-refractivity contribution in [1.82, 2.24) is 9.38 Å². The van der Waals surface area contributed by atoms with Gasteiger partial charge in [-0.2, -0.15) is 0 Å². The van der Waals surface area contributed by atoms with E-state index in [4.69, 9.17) is 11.6 Å². The fraction of sp³-hybridized carbons (Fsp3) is 0.0714. The predicted molar refractivity (Wildman–Crippen MR) is 85.8 cm³/mol. The molecule has 0 spiro atoms. The maximum Gasteiger partial charge on any atom is 0.137 e. The van der Waals surface area contributed by atoms with Crippen molar-refractivity contribution in [2.45, 2.75) is 6.92 Å². The molecule has 0 fully saturated rings. The van der Waals surface area contributed by atoms with Crippen molar-refractivity contribution in [2.24, 2.45) is 0 Å². The summed E-state index contributed by atoms with van der Waals surface area (Å²) in [6, 6.07) is 9.80. The lowest BCUT2D eigenvalue weighted by Crippen LogP contribution is -1.89. The van der Waals surface area contributed by atoms with Crippen LogP contribution < -0.4 is 0 Å². The van der Waals surface area contributed by atoms with Crippen molar-refractivity contribution >= 4 is 49.1 Å². The van der Waals surface area contributed by atoms with Gasteiger partial charge in [-0.1, -0.05) is 33.6 Å². The van der Waals surface area contributed by atoms with Gasteiger partial charge in [-0.05, 0) is 47.1 Å². The maximum absolute atomic E-state index is 6.27. The fourth-order valence-electron chi connectivity index (χ4n) is 1.99. The molecule has 3 aromatic rings. The molecule has 96 valence electrons. The Morgan fingerprint density at radius 1 is 1.16 bits per heavy atom. The Labute approximate surface area is 132 Å². The zero-order valence-electron chi connectivity index (χ0n) is 9.99. The van der Waals surface area contributed by atoms with E-state index in [0.29, 0.717) is 5.02 Å². The van der Waals surface area contributed by atoms with Crippen LogP contribution >= 0.6 is 43.5 Å². The van der Waals surface area contributed by atoms with Crippen LogP contribution in [0.1, 0.15) is 5.69 Å². The average molecular weight is 401 g/mol. The van der Waals surface area contributed by atoms with Gasteiger partial charge >= 0.3 is 0 Å². The van der Waals surface area contributed by atoms with Gasteiger partial charge in [0.05, 0.1) is 10.7 Å². The zero-order valence-corrected chi connectivity index (χ0v) is 13.9. The average Bonchev–Trinajstić information content (AvgIpc) is 2.78. The van der Waals surface area contributed by atoms with Crippen LogP contribution in [0.3, 0.4) is 0 Å². The number of imidazole rings is 1. The topological polar surface area (TPSA) is 17.3 Å². The first kappa shape index (κ1) is 13.2. The van der Waals surface area contributed by atoms with Gasteiger partial charge in [-0.15, -0.1) is 0 Å². The SMILES string of the molecule is Cc1c(Br)ccc2nc(-c3ccc(Br)cc3Cl)cn12. The molecule has 1 aromatic carbocycles. The molecular weight excluding hydrogens is 391 g/mol. The van der Waals surface area contributed by atoms with E-state index < -0.39 is 0 Å². The summed E-state index contributed by atoms with van der Waals surface area (Å²) in [7, 11) is 0. The third kappa shape index (κ3) is 2.33. The number of aromatic nitrogens is 2. The number of aryl methyl sites for hydroxylation is 1. The molecule has 3 rings (SSSR count). The van der Waals surface area contributed by atoms with Crippen LogP contribution in [0.5, 0.6) is 0 Å². The van der Waals surface area contributed by atoms with Crippen LogP contribution in [0.4, 0.5) is 0 Å². The number of fused-ring (bicyclic) bond motifs is 1. The van der Waals surface area contributed by atoms with Crippen LogP contribution in [-0.4, -0.2) is 9.38 Å². The van der Waals surface area contributed by atoms with E-state index in [1.807, 2.05) is 43.5 Å². The minimum absolute atomic E-state index is 0.689. The van der Waals surface area contributed by atoms with Crippen molar-refractivity contribution in [1.29, 1.82) is 0 Å². The molecule has 0 radical (unpaired) electrons. The van der Waals surface area contributed by atoms with Gasteiger partial charge in [0, 0.05) is 26.4 Å². The molecule has 0 unspecified atom stereocenters. The maximum atomic E-state index is 6.27. The molecule has 0 N–H and O–H groups in total. The number of halogens is 3. The summed E-state index contributed by atoms with van der Waals surface area (Å²) >= 11 is 13.2. The summed E-state index contributed by atoms with van der Waals surface area (Å²) in [5.74, 6) is 0. The molecule has 0 saturated heterocycles. The predicted octanol–water partition coefficient (Wildman–Crippen LogP) is 5.49. The normalized spacial score (nSPS) is 11.2. The fourth-order valence-corrected chi connectivity index (χ4v) is 3.08. The van der Waals surface area contributed by atoms with E-state index in [2.05, 4.69) is 41.2 Å². The van der Waals surface area contributed by atoms with Gasteiger partial charge in [0.2, 0.25) is 0 Å². The second-order valence-corrected chi connectivity index (χ2v) is 6.42. The Morgan fingerprint density at radius 2 is 1.95 bits per heavy atom. The number of nitrogens with zero attached hydrogens (tertiary/aromatic N) is 2. The molecule has 0 aliphatic rings. The Kier molecular flexibility index (Phi) is 3.41. The molecular formula is C14H9Br2ClN2. The smallest absolute Gasteiger partial charge is 0.137 e. The van der Waals surface area contributed by atoms with Crippen molar-refractivity contribution < 1.29 is 0 Å². The molecule has 19 heavy (non-hydrogen) atoms. The van der Waals surface area contributed by atoms with Gasteiger partial charge in [-0.25, -0.2) is 4.98 Å². The molecule has 2 heterocycles. The Balaban J connectivity index is 2.23. The summed E-state index contributed by atoms with van der Waals surface area (Å²) in [5.41, 5.74) is 3.84. The third-order valence-corrected chi connectivity index (χ3v) is 4.67. The number of hydrogen-bond donors (Lipinski definition) is 0. The summed E-state index contributed by atoms with van der Waals surface area (Å²) < 4.78 is 4.08. The summed E-state index contributed by atoms with van der Waals surface area (Å²) in [6.07, 6.45) is 2.00. The molecule has 2 nitrogen and oxygen atoms in total. The lowest BCUT2D eigenvalue weighted by molar-refractivity contribution is 1.08. The molecule has 0 amide bonds. The number of pyridine rings is 1. The highest BCUT2D eigenvalue weighted by molar-refractivity contribution is 9.10. The summed E-state index contributed by atoms with van der Waals surface area (Å²) in [6.45, 7) is 2.05. The van der Waals surface area contributed by atoms with E-state index in [0.717, 1.165) is 31.5 Å². The minimum atomic E-state index is 0.689. The van der Waals surface area contributed by atoms with E-state index in [1.165, 1.54) is 0 Å². The molecule has 0 aliphatic heterocycles. The Morgan fingerprint density at radius 3 is 2.68 bits per heavy atom. The van der Waals surface area contributed by atoms with Gasteiger partial charge in [-0.3, -0.25) is 0 Å². The number of hydrogen-bond acceptors (Lipinski definition) is 1. The molecule has 0 bridgehead atoms. The van der Waals surface area contributed by atoms with Gasteiger partial charge < -0.3 is 4.40 Å². The molecule has 0 aliphatic carbocycles. The van der Waals surface area contributed by atoms with Crippen molar-refractivity contribution in [3.05, 3.63) is 56.2 Å². The van der Waals surface area contributed by atoms with Crippen LogP contribution in [0.25, 0.3) is 16.9 Å². The second-order valence-electron chi connectivity index (χ2n) is 4.25. The first-order valence-corrected chi connectivity index (χ1v) is 7.62. The number of benzene rings is 1. The lowest BCUT2D eigenvalue weighted by atomic mass is 10.2. The number of rotatable bonds is 1. The highest BCUT2D eigenvalue weighted by Crippen LogP contribution is 2.30. The summed E-state index contributed by atoms with van der Waals surface area (Å²) in [4.78, 5) is 4.62. The second kappa shape index (κ2) is 4.93. The van der Waals surface area contributed by atoms with Crippen LogP contribution in [0, 0.1) is 6.92 Å². The molecule has 0 saturated carbocycles. The van der Waals surface area contributed by atoms with Crippen molar-refractivity contribution in [2.75, 3.05) is 0 Å². The zero-order chi connectivity index (χ0) is 13.6. The van der Waals surface area contributed by atoms with Crippen LogP contribution in [0.2, 0.25) is 5.02 Å². The first-order valence-electron chi connectivity index (χ1n) is 5.66. The summed E-state index contributed by atoms with van der Waals surface area (Å²) in [5, 5.41) is 0.689. The molecule has 0 atom stereocenters.